The Morgan fingerprint density at radius 2 is 1.94 bits per heavy atom. The molecule has 2 aromatic heterocycles. The number of likely N-dealkylation sites (tertiary alicyclic amines) is 1. The number of carbonyl (C=O) groups is 2. The molecule has 0 bridgehead atoms. The van der Waals surface area contributed by atoms with E-state index in [0.717, 1.165) is 5.56 Å². The van der Waals surface area contributed by atoms with E-state index in [0.29, 0.717) is 16.1 Å². The molecule has 160 valence electrons. The number of alkyl halides is 1. The lowest BCUT2D eigenvalue weighted by atomic mass is 9.99. The number of carbonyl (C=O) groups excluding carboxylic acids is 2. The van der Waals surface area contributed by atoms with Gasteiger partial charge in [0.25, 0.3) is 11.5 Å². The molecule has 2 amide bonds. The van der Waals surface area contributed by atoms with Gasteiger partial charge in [-0.3, -0.25) is 19.0 Å². The minimum atomic E-state index is -1.41. The van der Waals surface area contributed by atoms with Gasteiger partial charge in [-0.1, -0.05) is 23.7 Å². The number of benzene rings is 1. The smallest absolute Gasteiger partial charge is 0.265 e. The van der Waals surface area contributed by atoms with Crippen molar-refractivity contribution < 1.29 is 14.0 Å². The van der Waals surface area contributed by atoms with E-state index in [2.05, 4.69) is 10.3 Å². The lowest BCUT2D eigenvalue weighted by Crippen LogP contribution is -2.60. The Balaban J connectivity index is 1.61. The topological polar surface area (TPSA) is 84.3 Å². The van der Waals surface area contributed by atoms with E-state index in [1.807, 2.05) is 0 Å². The first-order chi connectivity index (χ1) is 14.7. The summed E-state index contributed by atoms with van der Waals surface area (Å²) in [6, 6.07) is 11.8. The largest absolute Gasteiger partial charge is 0.348 e. The molecule has 3 heterocycles. The van der Waals surface area contributed by atoms with E-state index in [1.165, 1.54) is 28.7 Å². The van der Waals surface area contributed by atoms with Crippen LogP contribution in [0.3, 0.4) is 0 Å². The van der Waals surface area contributed by atoms with Crippen molar-refractivity contribution in [3.05, 3.63) is 75.2 Å². The fourth-order valence-electron chi connectivity index (χ4n) is 3.56. The highest BCUT2D eigenvalue weighted by atomic mass is 35.5. The Bertz CT molecular complexity index is 1220. The van der Waals surface area contributed by atoms with Crippen LogP contribution in [-0.4, -0.2) is 45.0 Å². The Morgan fingerprint density at radius 1 is 1.23 bits per heavy atom. The second-order valence-corrected chi connectivity index (χ2v) is 8.27. The molecule has 1 fully saturated rings. The van der Waals surface area contributed by atoms with Gasteiger partial charge in [0.1, 0.15) is 23.4 Å². The summed E-state index contributed by atoms with van der Waals surface area (Å²) in [6.07, 6.45) is 1.51. The molecule has 31 heavy (non-hydrogen) atoms. The maximum atomic E-state index is 13.8. The van der Waals surface area contributed by atoms with Crippen LogP contribution in [0.25, 0.3) is 11.0 Å². The zero-order valence-corrected chi connectivity index (χ0v) is 17.5. The minimum Gasteiger partial charge on any atom is -0.348 e. The van der Waals surface area contributed by atoms with Gasteiger partial charge < -0.3 is 10.2 Å². The average Bonchev–Trinajstić information content (AvgIpc) is 2.73. The van der Waals surface area contributed by atoms with E-state index >= 15 is 0 Å². The van der Waals surface area contributed by atoms with Gasteiger partial charge in [0.15, 0.2) is 0 Å². The van der Waals surface area contributed by atoms with Crippen LogP contribution in [0.15, 0.2) is 53.5 Å². The van der Waals surface area contributed by atoms with Crippen LogP contribution in [-0.2, 0) is 17.9 Å². The molecule has 0 unspecified atom stereocenters. The Hall–Kier alpha value is -3.26. The molecule has 3 aromatic rings. The van der Waals surface area contributed by atoms with Crippen LogP contribution in [0, 0.1) is 0 Å². The fourth-order valence-corrected chi connectivity index (χ4v) is 3.68. The van der Waals surface area contributed by atoms with Crippen LogP contribution in [0.5, 0.6) is 0 Å². The lowest BCUT2D eigenvalue weighted by Gasteiger charge is -2.42. The molecule has 0 radical (unpaired) electrons. The van der Waals surface area contributed by atoms with Crippen molar-refractivity contribution >= 4 is 34.4 Å². The number of rotatable bonds is 5. The number of aromatic nitrogens is 2. The second-order valence-electron chi connectivity index (χ2n) is 7.84. The highest BCUT2D eigenvalue weighted by Gasteiger charge is 2.41. The van der Waals surface area contributed by atoms with Gasteiger partial charge in [-0.05, 0) is 42.8 Å². The maximum Gasteiger partial charge on any atom is 0.265 e. The van der Waals surface area contributed by atoms with Crippen molar-refractivity contribution in [2.45, 2.75) is 25.7 Å². The van der Waals surface area contributed by atoms with Gasteiger partial charge >= 0.3 is 0 Å². The number of nitrogens with zero attached hydrogens (tertiary/aromatic N) is 3. The zero-order chi connectivity index (χ0) is 22.2. The van der Waals surface area contributed by atoms with Crippen molar-refractivity contribution in [2.24, 2.45) is 0 Å². The number of hydrogen-bond acceptors (Lipinski definition) is 4. The molecule has 4 rings (SSSR count). The van der Waals surface area contributed by atoms with Crippen LogP contribution < -0.4 is 10.9 Å². The molecule has 7 nitrogen and oxygen atoms in total. The van der Waals surface area contributed by atoms with Crippen LogP contribution >= 0.6 is 11.6 Å². The molecule has 0 spiro atoms. The summed E-state index contributed by atoms with van der Waals surface area (Å²) in [4.78, 5) is 43.9. The number of hydrogen-bond donors (Lipinski definition) is 1. The van der Waals surface area contributed by atoms with E-state index in [-0.39, 0.29) is 31.7 Å². The molecule has 1 aliphatic heterocycles. The normalized spacial score (nSPS) is 14.9. The molecule has 1 aliphatic rings. The summed E-state index contributed by atoms with van der Waals surface area (Å²) < 4.78 is 14.9. The molecule has 0 aliphatic carbocycles. The van der Waals surface area contributed by atoms with Gasteiger partial charge in [-0.15, -0.1) is 0 Å². The van der Waals surface area contributed by atoms with Gasteiger partial charge in [-0.25, -0.2) is 9.37 Å². The number of nitrogens with one attached hydrogen (secondary N) is 1. The Morgan fingerprint density at radius 3 is 2.61 bits per heavy atom. The van der Waals surface area contributed by atoms with E-state index in [1.54, 1.807) is 36.4 Å². The molecule has 1 N–H and O–H groups in total. The van der Waals surface area contributed by atoms with Gasteiger partial charge in [0, 0.05) is 23.2 Å². The second kappa shape index (κ2) is 8.11. The SMILES string of the molecule is CC1(F)CN(C(=O)Cn2c(=O)c(C(=O)NCc3ccc(Cl)cc3)cc3cccnc32)C1. The quantitative estimate of drug-likeness (QED) is 0.658. The summed E-state index contributed by atoms with van der Waals surface area (Å²) in [5.74, 6) is -0.963. The van der Waals surface area contributed by atoms with Gasteiger partial charge in [0.05, 0.1) is 13.1 Å². The van der Waals surface area contributed by atoms with E-state index in [9.17, 15) is 18.8 Å². The fraction of sp³-hybridized carbons (Fsp3) is 0.273. The number of fused-ring (bicyclic) bond motifs is 1. The Labute approximate surface area is 182 Å². The van der Waals surface area contributed by atoms with Crippen molar-refractivity contribution in [2.75, 3.05) is 13.1 Å². The van der Waals surface area contributed by atoms with Crippen molar-refractivity contribution in [3.63, 3.8) is 0 Å². The standard InChI is InChI=1S/C22H20ClFN4O3/c1-22(24)12-27(13-22)18(29)11-28-19-15(3-2-8-25-19)9-17(21(28)31)20(30)26-10-14-4-6-16(23)7-5-14/h2-9H,10-13H2,1H3,(H,26,30). The molecular formula is C22H20ClFN4O3. The summed E-state index contributed by atoms with van der Waals surface area (Å²) in [5, 5.41) is 3.85. The van der Waals surface area contributed by atoms with Crippen molar-refractivity contribution in [1.29, 1.82) is 0 Å². The molecule has 1 aromatic carbocycles. The first kappa shape index (κ1) is 21.0. The van der Waals surface area contributed by atoms with E-state index in [4.69, 9.17) is 11.6 Å². The number of halogens is 2. The summed E-state index contributed by atoms with van der Waals surface area (Å²) in [7, 11) is 0. The maximum absolute atomic E-state index is 13.8. The highest BCUT2D eigenvalue weighted by molar-refractivity contribution is 6.30. The van der Waals surface area contributed by atoms with Crippen LogP contribution in [0.2, 0.25) is 5.02 Å². The Kier molecular flexibility index (Phi) is 5.49. The monoisotopic (exact) mass is 442 g/mol. The average molecular weight is 443 g/mol. The van der Waals surface area contributed by atoms with E-state index < -0.39 is 23.0 Å². The first-order valence-electron chi connectivity index (χ1n) is 9.71. The highest BCUT2D eigenvalue weighted by Crippen LogP contribution is 2.24. The summed E-state index contributed by atoms with van der Waals surface area (Å²) in [5.41, 5.74) is -1.02. The predicted octanol–water partition coefficient (Wildman–Crippen LogP) is 2.55. The minimum absolute atomic E-state index is 0.0206. The third-order valence-electron chi connectivity index (χ3n) is 5.15. The third-order valence-corrected chi connectivity index (χ3v) is 5.40. The van der Waals surface area contributed by atoms with Crippen molar-refractivity contribution in [1.82, 2.24) is 19.8 Å². The lowest BCUT2D eigenvalue weighted by molar-refractivity contribution is -0.144. The third kappa shape index (κ3) is 4.44. The van der Waals surface area contributed by atoms with Crippen LogP contribution in [0.4, 0.5) is 4.39 Å². The summed E-state index contributed by atoms with van der Waals surface area (Å²) in [6.45, 7) is 1.27. The molecule has 0 atom stereocenters. The van der Waals surface area contributed by atoms with Crippen molar-refractivity contribution in [3.8, 4) is 0 Å². The van der Waals surface area contributed by atoms with Gasteiger partial charge in [-0.2, -0.15) is 0 Å². The molecule has 9 heteroatoms. The van der Waals surface area contributed by atoms with Gasteiger partial charge in [0.2, 0.25) is 5.91 Å². The molecular weight excluding hydrogens is 423 g/mol. The predicted molar refractivity (Wildman–Crippen MR) is 115 cm³/mol. The first-order valence-corrected chi connectivity index (χ1v) is 10.1. The number of pyridine rings is 2. The summed E-state index contributed by atoms with van der Waals surface area (Å²) >= 11 is 5.87. The molecule has 1 saturated heterocycles. The molecule has 0 saturated carbocycles. The zero-order valence-electron chi connectivity index (χ0n) is 16.8. The van der Waals surface area contributed by atoms with Crippen LogP contribution in [0.1, 0.15) is 22.8 Å². The number of amides is 2.